The fraction of sp³-hybridized carbons (Fsp3) is 0.812. The number of oxazole rings is 1. The van der Waals surface area contributed by atoms with Crippen LogP contribution in [0.2, 0.25) is 0 Å². The summed E-state index contributed by atoms with van der Waals surface area (Å²) in [6, 6.07) is 1.37. The van der Waals surface area contributed by atoms with Crippen molar-refractivity contribution in [1.82, 2.24) is 14.8 Å². The second-order valence-corrected chi connectivity index (χ2v) is 6.75. The average molecular weight is 277 g/mol. The standard InChI is InChI=1S/C16H27N3O/c1-12(2)15-10-18-7-5-4-6-14(18)9-19(15)11-16-17-8-13(3)20-16/h8,12,14-15H,4-7,9-11H2,1-3H3. The maximum absolute atomic E-state index is 5.68. The van der Waals surface area contributed by atoms with Gasteiger partial charge < -0.3 is 4.42 Å². The Balaban J connectivity index is 1.72. The molecule has 0 spiro atoms. The summed E-state index contributed by atoms with van der Waals surface area (Å²) in [7, 11) is 0. The van der Waals surface area contributed by atoms with Gasteiger partial charge in [-0.15, -0.1) is 0 Å². The number of aromatic nitrogens is 1. The summed E-state index contributed by atoms with van der Waals surface area (Å²) in [5.74, 6) is 2.46. The lowest BCUT2D eigenvalue weighted by atomic mass is 9.92. The number of piperidine rings is 1. The minimum Gasteiger partial charge on any atom is -0.445 e. The van der Waals surface area contributed by atoms with E-state index < -0.39 is 0 Å². The highest BCUT2D eigenvalue weighted by atomic mass is 16.4. The van der Waals surface area contributed by atoms with E-state index in [1.165, 1.54) is 38.9 Å². The molecule has 3 rings (SSSR count). The molecule has 2 atom stereocenters. The van der Waals surface area contributed by atoms with Crippen molar-refractivity contribution in [3.63, 3.8) is 0 Å². The van der Waals surface area contributed by atoms with Gasteiger partial charge in [0.05, 0.1) is 12.7 Å². The van der Waals surface area contributed by atoms with Crippen molar-refractivity contribution in [2.24, 2.45) is 5.92 Å². The highest BCUT2D eigenvalue weighted by Crippen LogP contribution is 2.28. The van der Waals surface area contributed by atoms with Crippen molar-refractivity contribution < 1.29 is 4.42 Å². The minimum absolute atomic E-state index is 0.622. The third-order valence-corrected chi connectivity index (χ3v) is 4.86. The second-order valence-electron chi connectivity index (χ2n) is 6.75. The molecular formula is C16H27N3O. The molecule has 2 fully saturated rings. The predicted molar refractivity (Wildman–Crippen MR) is 79.5 cm³/mol. The lowest BCUT2D eigenvalue weighted by Gasteiger charge is -2.49. The molecule has 0 radical (unpaired) electrons. The van der Waals surface area contributed by atoms with Crippen LogP contribution in [-0.2, 0) is 6.54 Å². The van der Waals surface area contributed by atoms with E-state index in [4.69, 9.17) is 4.42 Å². The Bertz CT molecular complexity index is 443. The van der Waals surface area contributed by atoms with Crippen LogP contribution in [0.3, 0.4) is 0 Å². The van der Waals surface area contributed by atoms with E-state index in [1.807, 2.05) is 13.1 Å². The topological polar surface area (TPSA) is 32.5 Å². The van der Waals surface area contributed by atoms with Gasteiger partial charge in [0.1, 0.15) is 5.76 Å². The van der Waals surface area contributed by atoms with Crippen molar-refractivity contribution >= 4 is 0 Å². The van der Waals surface area contributed by atoms with E-state index in [-0.39, 0.29) is 0 Å². The number of aryl methyl sites for hydroxylation is 1. The number of hydrogen-bond acceptors (Lipinski definition) is 4. The van der Waals surface area contributed by atoms with Gasteiger partial charge in [-0.3, -0.25) is 9.80 Å². The fourth-order valence-corrected chi connectivity index (χ4v) is 3.73. The van der Waals surface area contributed by atoms with Gasteiger partial charge in [0.25, 0.3) is 0 Å². The number of hydrogen-bond donors (Lipinski definition) is 0. The SMILES string of the molecule is Cc1cnc(CN2CC3CCCCN3CC2C(C)C)o1. The van der Waals surface area contributed by atoms with Crippen LogP contribution in [-0.4, -0.2) is 46.5 Å². The largest absolute Gasteiger partial charge is 0.445 e. The Kier molecular flexibility index (Phi) is 4.13. The molecule has 20 heavy (non-hydrogen) atoms. The van der Waals surface area contributed by atoms with E-state index in [0.29, 0.717) is 12.0 Å². The second kappa shape index (κ2) is 5.86. The number of rotatable bonds is 3. The van der Waals surface area contributed by atoms with E-state index in [0.717, 1.165) is 24.2 Å². The maximum atomic E-state index is 5.68. The molecular weight excluding hydrogens is 250 g/mol. The van der Waals surface area contributed by atoms with Crippen molar-refractivity contribution in [2.45, 2.75) is 58.7 Å². The summed E-state index contributed by atoms with van der Waals surface area (Å²) in [5, 5.41) is 0. The average Bonchev–Trinajstić information content (AvgIpc) is 2.83. The highest BCUT2D eigenvalue weighted by molar-refractivity contribution is 4.96. The van der Waals surface area contributed by atoms with Crippen molar-refractivity contribution in [3.05, 3.63) is 17.8 Å². The Hall–Kier alpha value is -0.870. The van der Waals surface area contributed by atoms with Gasteiger partial charge in [-0.25, -0.2) is 4.98 Å². The summed E-state index contributed by atoms with van der Waals surface area (Å²) in [5.41, 5.74) is 0. The van der Waals surface area contributed by atoms with Crippen LogP contribution in [0.4, 0.5) is 0 Å². The summed E-state index contributed by atoms with van der Waals surface area (Å²) < 4.78 is 5.68. The van der Waals surface area contributed by atoms with E-state index in [9.17, 15) is 0 Å². The first kappa shape index (κ1) is 14.1. The quantitative estimate of drug-likeness (QED) is 0.850. The zero-order valence-corrected chi connectivity index (χ0v) is 13.0. The highest BCUT2D eigenvalue weighted by Gasteiger charge is 2.36. The molecule has 4 nitrogen and oxygen atoms in total. The number of fused-ring (bicyclic) bond motifs is 1. The van der Waals surface area contributed by atoms with Crippen LogP contribution in [0, 0.1) is 12.8 Å². The van der Waals surface area contributed by atoms with E-state index in [1.54, 1.807) is 0 Å². The summed E-state index contributed by atoms with van der Waals surface area (Å²) in [4.78, 5) is 9.70. The Morgan fingerprint density at radius 2 is 2.20 bits per heavy atom. The molecule has 2 aliphatic heterocycles. The van der Waals surface area contributed by atoms with Crippen molar-refractivity contribution in [3.8, 4) is 0 Å². The van der Waals surface area contributed by atoms with Crippen molar-refractivity contribution in [2.75, 3.05) is 19.6 Å². The molecule has 0 saturated carbocycles. The molecule has 0 amide bonds. The van der Waals surface area contributed by atoms with Gasteiger partial charge in [-0.1, -0.05) is 20.3 Å². The molecule has 0 aromatic carbocycles. The van der Waals surface area contributed by atoms with Gasteiger partial charge >= 0.3 is 0 Å². The van der Waals surface area contributed by atoms with Crippen LogP contribution < -0.4 is 0 Å². The Morgan fingerprint density at radius 3 is 2.90 bits per heavy atom. The zero-order chi connectivity index (χ0) is 14.1. The van der Waals surface area contributed by atoms with Crippen LogP contribution in [0.1, 0.15) is 44.8 Å². The molecule has 1 aromatic rings. The molecule has 1 aromatic heterocycles. The summed E-state index contributed by atoms with van der Waals surface area (Å²) >= 11 is 0. The molecule has 2 aliphatic rings. The number of nitrogens with zero attached hydrogens (tertiary/aromatic N) is 3. The van der Waals surface area contributed by atoms with Crippen LogP contribution >= 0.6 is 0 Å². The number of piperazine rings is 1. The fourth-order valence-electron chi connectivity index (χ4n) is 3.73. The lowest BCUT2D eigenvalue weighted by Crippen LogP contribution is -2.60. The smallest absolute Gasteiger partial charge is 0.208 e. The normalized spacial score (nSPS) is 28.8. The first-order chi connectivity index (χ1) is 9.63. The van der Waals surface area contributed by atoms with Crippen LogP contribution in [0.5, 0.6) is 0 Å². The van der Waals surface area contributed by atoms with Gasteiger partial charge in [0.2, 0.25) is 5.89 Å². The van der Waals surface area contributed by atoms with E-state index in [2.05, 4.69) is 28.6 Å². The molecule has 2 saturated heterocycles. The molecule has 4 heteroatoms. The summed E-state index contributed by atoms with van der Waals surface area (Å²) in [6.07, 6.45) is 5.95. The summed E-state index contributed by atoms with van der Waals surface area (Å²) in [6.45, 7) is 11.2. The Morgan fingerprint density at radius 1 is 1.35 bits per heavy atom. The van der Waals surface area contributed by atoms with Gasteiger partial charge in [-0.2, -0.15) is 0 Å². The minimum atomic E-state index is 0.622. The van der Waals surface area contributed by atoms with Crippen molar-refractivity contribution in [1.29, 1.82) is 0 Å². The molecule has 0 bridgehead atoms. The van der Waals surface area contributed by atoms with Crippen LogP contribution in [0.25, 0.3) is 0 Å². The third-order valence-electron chi connectivity index (χ3n) is 4.86. The maximum Gasteiger partial charge on any atom is 0.208 e. The Labute approximate surface area is 122 Å². The molecule has 0 N–H and O–H groups in total. The molecule has 2 unspecified atom stereocenters. The third kappa shape index (κ3) is 2.91. The first-order valence-corrected chi connectivity index (χ1v) is 8.03. The molecule has 112 valence electrons. The predicted octanol–water partition coefficient (Wildman–Crippen LogP) is 2.68. The zero-order valence-electron chi connectivity index (χ0n) is 13.0. The lowest BCUT2D eigenvalue weighted by molar-refractivity contribution is -0.0155. The molecule has 3 heterocycles. The van der Waals surface area contributed by atoms with Gasteiger partial charge in [0.15, 0.2) is 0 Å². The van der Waals surface area contributed by atoms with Crippen LogP contribution in [0.15, 0.2) is 10.6 Å². The first-order valence-electron chi connectivity index (χ1n) is 8.03. The monoisotopic (exact) mass is 277 g/mol. The van der Waals surface area contributed by atoms with E-state index >= 15 is 0 Å². The molecule has 0 aliphatic carbocycles. The van der Waals surface area contributed by atoms with Gasteiger partial charge in [0, 0.05) is 25.2 Å². The van der Waals surface area contributed by atoms with Gasteiger partial charge in [-0.05, 0) is 32.2 Å².